The Morgan fingerprint density at radius 2 is 2.30 bits per heavy atom. The Morgan fingerprint density at radius 3 is 2.95 bits per heavy atom. The molecule has 2 rings (SSSR count). The quantitative estimate of drug-likeness (QED) is 0.755. The van der Waals surface area contributed by atoms with Crippen LogP contribution in [0.2, 0.25) is 0 Å². The molecule has 1 saturated heterocycles. The molecule has 2 amide bonds. The fourth-order valence-electron chi connectivity index (χ4n) is 2.48. The van der Waals surface area contributed by atoms with Crippen molar-refractivity contribution in [2.75, 3.05) is 26.7 Å². The van der Waals surface area contributed by atoms with Gasteiger partial charge in [0.25, 0.3) is 5.91 Å². The molecule has 0 aromatic carbocycles. The molecule has 0 radical (unpaired) electrons. The summed E-state index contributed by atoms with van der Waals surface area (Å²) in [6, 6.07) is -0.467. The zero-order valence-corrected chi connectivity index (χ0v) is 12.1. The maximum absolute atomic E-state index is 12.7. The van der Waals surface area contributed by atoms with Crippen LogP contribution in [0.5, 0.6) is 0 Å². The van der Waals surface area contributed by atoms with Crippen LogP contribution in [0.25, 0.3) is 0 Å². The second kappa shape index (κ2) is 6.04. The van der Waals surface area contributed by atoms with Crippen LogP contribution in [0.4, 0.5) is 0 Å². The highest BCUT2D eigenvalue weighted by atomic mass is 16.2. The number of hydrogen-bond donors (Lipinski definition) is 2. The maximum atomic E-state index is 12.7. The number of hydrogen-bond acceptors (Lipinski definition) is 4. The standard InChI is InChI=1S/C13H21N5O2/c1-4-10-9(8-17(3)16-10)13(20)18-6-5-15-7-11(18)12(19)14-2/h8,11,15H,4-7H2,1-3H3,(H,14,19). The molecule has 20 heavy (non-hydrogen) atoms. The molecule has 2 heterocycles. The first-order valence-corrected chi connectivity index (χ1v) is 6.84. The molecule has 7 heteroatoms. The monoisotopic (exact) mass is 279 g/mol. The molecule has 0 bridgehead atoms. The summed E-state index contributed by atoms with van der Waals surface area (Å²) in [6.45, 7) is 3.66. The van der Waals surface area contributed by atoms with Crippen LogP contribution >= 0.6 is 0 Å². The lowest BCUT2D eigenvalue weighted by molar-refractivity contribution is -0.125. The van der Waals surface area contributed by atoms with Crippen molar-refractivity contribution in [3.05, 3.63) is 17.5 Å². The van der Waals surface area contributed by atoms with E-state index in [0.29, 0.717) is 31.6 Å². The maximum Gasteiger partial charge on any atom is 0.258 e. The highest BCUT2D eigenvalue weighted by Crippen LogP contribution is 2.14. The van der Waals surface area contributed by atoms with E-state index < -0.39 is 6.04 Å². The van der Waals surface area contributed by atoms with Crippen LogP contribution in [-0.4, -0.2) is 59.2 Å². The van der Waals surface area contributed by atoms with Gasteiger partial charge < -0.3 is 15.5 Å². The summed E-state index contributed by atoms with van der Waals surface area (Å²) >= 11 is 0. The van der Waals surface area contributed by atoms with Crippen LogP contribution in [-0.2, 0) is 18.3 Å². The van der Waals surface area contributed by atoms with E-state index >= 15 is 0 Å². The van der Waals surface area contributed by atoms with E-state index in [0.717, 1.165) is 5.69 Å². The van der Waals surface area contributed by atoms with Gasteiger partial charge in [0.2, 0.25) is 5.91 Å². The van der Waals surface area contributed by atoms with Gasteiger partial charge in [-0.05, 0) is 6.42 Å². The largest absolute Gasteiger partial charge is 0.357 e. The van der Waals surface area contributed by atoms with E-state index in [-0.39, 0.29) is 11.8 Å². The lowest BCUT2D eigenvalue weighted by Gasteiger charge is -2.34. The highest BCUT2D eigenvalue weighted by molar-refractivity contribution is 5.98. The number of nitrogens with zero attached hydrogens (tertiary/aromatic N) is 3. The van der Waals surface area contributed by atoms with E-state index in [1.807, 2.05) is 6.92 Å². The Kier molecular flexibility index (Phi) is 4.39. The number of aromatic nitrogens is 2. The zero-order valence-electron chi connectivity index (χ0n) is 12.1. The first-order valence-electron chi connectivity index (χ1n) is 6.84. The minimum Gasteiger partial charge on any atom is -0.357 e. The lowest BCUT2D eigenvalue weighted by Crippen LogP contribution is -2.59. The number of carbonyl (C=O) groups excluding carboxylic acids is 2. The molecule has 7 nitrogen and oxygen atoms in total. The molecular weight excluding hydrogens is 258 g/mol. The van der Waals surface area contributed by atoms with E-state index in [2.05, 4.69) is 15.7 Å². The number of rotatable bonds is 3. The fourth-order valence-corrected chi connectivity index (χ4v) is 2.48. The first kappa shape index (κ1) is 14.5. The fraction of sp³-hybridized carbons (Fsp3) is 0.615. The summed E-state index contributed by atoms with van der Waals surface area (Å²) < 4.78 is 1.64. The predicted octanol–water partition coefficient (Wildman–Crippen LogP) is -0.857. The minimum absolute atomic E-state index is 0.120. The number of piperazine rings is 1. The van der Waals surface area contributed by atoms with E-state index in [4.69, 9.17) is 0 Å². The van der Waals surface area contributed by atoms with Gasteiger partial charge >= 0.3 is 0 Å². The van der Waals surface area contributed by atoms with Crippen molar-refractivity contribution in [1.82, 2.24) is 25.3 Å². The van der Waals surface area contributed by atoms with Crippen molar-refractivity contribution in [3.63, 3.8) is 0 Å². The van der Waals surface area contributed by atoms with Gasteiger partial charge in [-0.25, -0.2) is 0 Å². The van der Waals surface area contributed by atoms with Crippen LogP contribution in [0.1, 0.15) is 23.0 Å². The molecule has 110 valence electrons. The molecule has 1 fully saturated rings. The molecule has 0 aliphatic carbocycles. The van der Waals surface area contributed by atoms with Crippen LogP contribution in [0, 0.1) is 0 Å². The van der Waals surface area contributed by atoms with Gasteiger partial charge in [-0.3, -0.25) is 14.3 Å². The summed E-state index contributed by atoms with van der Waals surface area (Å²) in [7, 11) is 3.38. The Bertz CT molecular complexity index is 511. The Labute approximate surface area is 118 Å². The van der Waals surface area contributed by atoms with Crippen molar-refractivity contribution in [2.24, 2.45) is 7.05 Å². The van der Waals surface area contributed by atoms with Crippen LogP contribution < -0.4 is 10.6 Å². The molecule has 1 aliphatic heterocycles. The normalized spacial score (nSPS) is 18.9. The summed E-state index contributed by atoms with van der Waals surface area (Å²) in [5.41, 5.74) is 1.36. The molecule has 1 aliphatic rings. The van der Waals surface area contributed by atoms with Crippen molar-refractivity contribution >= 4 is 11.8 Å². The van der Waals surface area contributed by atoms with Crippen molar-refractivity contribution in [2.45, 2.75) is 19.4 Å². The Balaban J connectivity index is 2.27. The third kappa shape index (κ3) is 2.67. The van der Waals surface area contributed by atoms with Gasteiger partial charge in [0.1, 0.15) is 6.04 Å². The number of amides is 2. The van der Waals surface area contributed by atoms with Crippen LogP contribution in [0.3, 0.4) is 0 Å². The number of carbonyl (C=O) groups is 2. The van der Waals surface area contributed by atoms with Crippen molar-refractivity contribution in [3.8, 4) is 0 Å². The second-order valence-electron chi connectivity index (χ2n) is 4.85. The number of nitrogens with one attached hydrogen (secondary N) is 2. The van der Waals surface area contributed by atoms with Crippen LogP contribution in [0.15, 0.2) is 6.20 Å². The molecular formula is C13H21N5O2. The zero-order chi connectivity index (χ0) is 14.7. The summed E-state index contributed by atoms with van der Waals surface area (Å²) in [6.07, 6.45) is 2.42. The summed E-state index contributed by atoms with van der Waals surface area (Å²) in [5, 5.41) is 10.0. The van der Waals surface area contributed by atoms with Gasteiger partial charge in [-0.2, -0.15) is 5.10 Å². The third-order valence-corrected chi connectivity index (χ3v) is 3.52. The molecule has 1 unspecified atom stereocenters. The molecule has 0 spiro atoms. The number of likely N-dealkylation sites (N-methyl/N-ethyl adjacent to an activating group) is 1. The van der Waals surface area contributed by atoms with Crippen molar-refractivity contribution < 1.29 is 9.59 Å². The van der Waals surface area contributed by atoms with Gasteiger partial charge in [-0.1, -0.05) is 6.92 Å². The van der Waals surface area contributed by atoms with E-state index in [1.165, 1.54) is 0 Å². The molecule has 1 atom stereocenters. The average Bonchev–Trinajstić information content (AvgIpc) is 2.86. The van der Waals surface area contributed by atoms with E-state index in [9.17, 15) is 9.59 Å². The summed E-state index contributed by atoms with van der Waals surface area (Å²) in [5.74, 6) is -0.266. The smallest absolute Gasteiger partial charge is 0.258 e. The lowest BCUT2D eigenvalue weighted by atomic mass is 10.1. The van der Waals surface area contributed by atoms with Gasteiger partial charge in [0.05, 0.1) is 11.3 Å². The molecule has 1 aromatic heterocycles. The molecule has 0 saturated carbocycles. The molecule has 2 N–H and O–H groups in total. The SMILES string of the molecule is CCc1nn(C)cc1C(=O)N1CCNCC1C(=O)NC. The molecule has 1 aromatic rings. The highest BCUT2D eigenvalue weighted by Gasteiger charge is 2.33. The average molecular weight is 279 g/mol. The minimum atomic E-state index is -0.467. The summed E-state index contributed by atoms with van der Waals surface area (Å²) in [4.78, 5) is 26.2. The van der Waals surface area contributed by atoms with Gasteiger partial charge in [0, 0.05) is 39.9 Å². The van der Waals surface area contributed by atoms with Gasteiger partial charge in [0.15, 0.2) is 0 Å². The topological polar surface area (TPSA) is 79.3 Å². The van der Waals surface area contributed by atoms with E-state index in [1.54, 1.807) is 29.9 Å². The van der Waals surface area contributed by atoms with Gasteiger partial charge in [-0.15, -0.1) is 0 Å². The third-order valence-electron chi connectivity index (χ3n) is 3.52. The number of aryl methyl sites for hydroxylation is 2. The Morgan fingerprint density at radius 1 is 1.55 bits per heavy atom. The second-order valence-corrected chi connectivity index (χ2v) is 4.85. The van der Waals surface area contributed by atoms with Crippen molar-refractivity contribution in [1.29, 1.82) is 0 Å². The predicted molar refractivity (Wildman–Crippen MR) is 74.3 cm³/mol. The first-order chi connectivity index (χ1) is 9.58. The Hall–Kier alpha value is -1.89.